The zero-order valence-corrected chi connectivity index (χ0v) is 14.9. The van der Waals surface area contributed by atoms with Crippen molar-refractivity contribution in [3.05, 3.63) is 88.8 Å². The molecule has 4 aromatic rings. The van der Waals surface area contributed by atoms with E-state index in [0.29, 0.717) is 5.39 Å². The van der Waals surface area contributed by atoms with Crippen molar-refractivity contribution in [1.82, 2.24) is 15.1 Å². The first kappa shape index (κ1) is 17.0. The lowest BCUT2D eigenvalue weighted by atomic mass is 10.00. The van der Waals surface area contributed by atoms with Gasteiger partial charge in [0.05, 0.1) is 17.6 Å². The third-order valence-electron chi connectivity index (χ3n) is 4.72. The van der Waals surface area contributed by atoms with Crippen LogP contribution in [0.25, 0.3) is 21.5 Å². The molecule has 134 valence electrons. The SMILES string of the molecule is CC(NC(=O)Cn1ncc2ccccc2c1=O)c1cccc2ccccc12. The fourth-order valence-electron chi connectivity index (χ4n) is 3.37. The molecular weight excluding hydrogens is 338 g/mol. The highest BCUT2D eigenvalue weighted by Crippen LogP contribution is 2.23. The van der Waals surface area contributed by atoms with Gasteiger partial charge in [0, 0.05) is 5.39 Å². The fraction of sp³-hybridized carbons (Fsp3) is 0.136. The van der Waals surface area contributed by atoms with Crippen molar-refractivity contribution < 1.29 is 4.79 Å². The Morgan fingerprint density at radius 2 is 1.63 bits per heavy atom. The average Bonchev–Trinajstić information content (AvgIpc) is 2.70. The molecule has 1 amide bonds. The molecule has 5 nitrogen and oxygen atoms in total. The first-order valence-electron chi connectivity index (χ1n) is 8.85. The van der Waals surface area contributed by atoms with Crippen LogP contribution in [0.15, 0.2) is 77.7 Å². The molecule has 0 fully saturated rings. The van der Waals surface area contributed by atoms with E-state index in [1.165, 1.54) is 4.68 Å². The van der Waals surface area contributed by atoms with E-state index in [-0.39, 0.29) is 24.1 Å². The summed E-state index contributed by atoms with van der Waals surface area (Å²) in [4.78, 5) is 25.0. The van der Waals surface area contributed by atoms with E-state index in [2.05, 4.69) is 10.4 Å². The number of carbonyl (C=O) groups excluding carboxylic acids is 1. The molecule has 0 bridgehead atoms. The minimum Gasteiger partial charge on any atom is -0.348 e. The molecule has 0 saturated carbocycles. The third kappa shape index (κ3) is 3.31. The lowest BCUT2D eigenvalue weighted by Crippen LogP contribution is -2.35. The van der Waals surface area contributed by atoms with E-state index in [9.17, 15) is 9.59 Å². The zero-order valence-electron chi connectivity index (χ0n) is 14.9. The summed E-state index contributed by atoms with van der Waals surface area (Å²) in [6, 6.07) is 21.2. The maximum absolute atomic E-state index is 12.5. The molecule has 1 heterocycles. The molecule has 0 radical (unpaired) electrons. The molecule has 4 rings (SSSR count). The van der Waals surface area contributed by atoms with Gasteiger partial charge in [-0.15, -0.1) is 0 Å². The number of hydrogen-bond acceptors (Lipinski definition) is 3. The van der Waals surface area contributed by atoms with Crippen LogP contribution in [0.1, 0.15) is 18.5 Å². The molecule has 0 aliphatic heterocycles. The minimum absolute atomic E-state index is 0.112. The van der Waals surface area contributed by atoms with Crippen LogP contribution in [-0.4, -0.2) is 15.7 Å². The second kappa shape index (κ2) is 7.03. The van der Waals surface area contributed by atoms with Crippen LogP contribution in [0.5, 0.6) is 0 Å². The van der Waals surface area contributed by atoms with Gasteiger partial charge in [0.15, 0.2) is 0 Å². The fourth-order valence-corrected chi connectivity index (χ4v) is 3.37. The highest BCUT2D eigenvalue weighted by atomic mass is 16.2. The van der Waals surface area contributed by atoms with Crippen LogP contribution >= 0.6 is 0 Å². The second-order valence-corrected chi connectivity index (χ2v) is 6.55. The summed E-state index contributed by atoms with van der Waals surface area (Å²) in [5.74, 6) is -0.250. The quantitative estimate of drug-likeness (QED) is 0.609. The number of nitrogens with zero attached hydrogens (tertiary/aromatic N) is 2. The molecule has 0 spiro atoms. The van der Waals surface area contributed by atoms with Crippen LogP contribution in [0, 0.1) is 0 Å². The Balaban J connectivity index is 1.56. The lowest BCUT2D eigenvalue weighted by molar-refractivity contribution is -0.122. The number of aromatic nitrogens is 2. The Hall–Kier alpha value is -3.47. The van der Waals surface area contributed by atoms with Gasteiger partial charge in [-0.25, -0.2) is 4.68 Å². The van der Waals surface area contributed by atoms with Crippen molar-refractivity contribution in [3.8, 4) is 0 Å². The minimum atomic E-state index is -0.263. The molecule has 3 aromatic carbocycles. The van der Waals surface area contributed by atoms with Gasteiger partial charge in [-0.2, -0.15) is 5.10 Å². The zero-order chi connectivity index (χ0) is 18.8. The number of carbonyl (C=O) groups is 1. The van der Waals surface area contributed by atoms with Crippen molar-refractivity contribution in [2.75, 3.05) is 0 Å². The summed E-state index contributed by atoms with van der Waals surface area (Å²) in [6.07, 6.45) is 1.61. The third-order valence-corrected chi connectivity index (χ3v) is 4.72. The summed E-state index contributed by atoms with van der Waals surface area (Å²) in [5.41, 5.74) is 0.779. The number of fused-ring (bicyclic) bond motifs is 2. The van der Waals surface area contributed by atoms with E-state index in [4.69, 9.17) is 0 Å². The molecule has 1 unspecified atom stereocenters. The smallest absolute Gasteiger partial charge is 0.275 e. The number of amides is 1. The molecule has 1 aromatic heterocycles. The number of benzene rings is 3. The van der Waals surface area contributed by atoms with Crippen LogP contribution in [0.4, 0.5) is 0 Å². The molecular formula is C22H19N3O2. The summed E-state index contributed by atoms with van der Waals surface area (Å²) >= 11 is 0. The standard InChI is InChI=1S/C22H19N3O2/c1-15(18-12-6-9-16-7-2-4-10-19(16)18)24-21(26)14-25-22(27)20-11-5-3-8-17(20)13-23-25/h2-13,15H,14H2,1H3,(H,24,26). The van der Waals surface area contributed by atoms with Gasteiger partial charge in [0.25, 0.3) is 5.56 Å². The molecule has 1 N–H and O–H groups in total. The predicted octanol–water partition coefficient (Wildman–Crippen LogP) is 3.43. The first-order chi connectivity index (χ1) is 13.1. The van der Waals surface area contributed by atoms with Gasteiger partial charge in [-0.1, -0.05) is 60.7 Å². The normalized spacial score (nSPS) is 12.2. The summed E-state index contributed by atoms with van der Waals surface area (Å²) in [7, 11) is 0. The lowest BCUT2D eigenvalue weighted by Gasteiger charge is -2.17. The Morgan fingerprint density at radius 3 is 2.44 bits per heavy atom. The first-order valence-corrected chi connectivity index (χ1v) is 8.85. The molecule has 0 aliphatic carbocycles. The van der Waals surface area contributed by atoms with Gasteiger partial charge < -0.3 is 5.32 Å². The monoisotopic (exact) mass is 357 g/mol. The van der Waals surface area contributed by atoms with E-state index in [0.717, 1.165) is 21.7 Å². The molecule has 5 heteroatoms. The molecule has 0 saturated heterocycles. The van der Waals surface area contributed by atoms with Gasteiger partial charge >= 0.3 is 0 Å². The van der Waals surface area contributed by atoms with Crippen molar-refractivity contribution >= 4 is 27.5 Å². The van der Waals surface area contributed by atoms with E-state index in [1.807, 2.05) is 61.5 Å². The summed E-state index contributed by atoms with van der Waals surface area (Å²) in [6.45, 7) is 1.83. The maximum atomic E-state index is 12.5. The average molecular weight is 357 g/mol. The Kier molecular flexibility index (Phi) is 4.42. The number of hydrogen-bond donors (Lipinski definition) is 1. The number of nitrogens with one attached hydrogen (secondary N) is 1. The predicted molar refractivity (Wildman–Crippen MR) is 107 cm³/mol. The Bertz CT molecular complexity index is 1190. The van der Waals surface area contributed by atoms with Gasteiger partial charge in [0.2, 0.25) is 5.91 Å². The van der Waals surface area contributed by atoms with Crippen molar-refractivity contribution in [2.24, 2.45) is 0 Å². The molecule has 27 heavy (non-hydrogen) atoms. The molecule has 0 aliphatic rings. The molecule has 1 atom stereocenters. The largest absolute Gasteiger partial charge is 0.348 e. The Morgan fingerprint density at radius 1 is 0.963 bits per heavy atom. The van der Waals surface area contributed by atoms with Crippen LogP contribution in [-0.2, 0) is 11.3 Å². The van der Waals surface area contributed by atoms with Gasteiger partial charge in [-0.05, 0) is 29.3 Å². The summed E-state index contributed by atoms with van der Waals surface area (Å²) in [5, 5.41) is 10.7. The van der Waals surface area contributed by atoms with Crippen molar-refractivity contribution in [3.63, 3.8) is 0 Å². The highest BCUT2D eigenvalue weighted by Gasteiger charge is 2.14. The topological polar surface area (TPSA) is 64.0 Å². The van der Waals surface area contributed by atoms with Crippen molar-refractivity contribution in [1.29, 1.82) is 0 Å². The van der Waals surface area contributed by atoms with Crippen molar-refractivity contribution in [2.45, 2.75) is 19.5 Å². The van der Waals surface area contributed by atoms with Crippen LogP contribution < -0.4 is 10.9 Å². The summed E-state index contributed by atoms with van der Waals surface area (Å²) < 4.78 is 1.20. The number of rotatable bonds is 4. The van der Waals surface area contributed by atoms with E-state index < -0.39 is 0 Å². The van der Waals surface area contributed by atoms with Crippen LogP contribution in [0.3, 0.4) is 0 Å². The Labute approximate surface area is 156 Å². The maximum Gasteiger partial charge on any atom is 0.275 e. The second-order valence-electron chi connectivity index (χ2n) is 6.55. The van der Waals surface area contributed by atoms with E-state index >= 15 is 0 Å². The highest BCUT2D eigenvalue weighted by molar-refractivity contribution is 5.87. The van der Waals surface area contributed by atoms with E-state index in [1.54, 1.807) is 18.3 Å². The van der Waals surface area contributed by atoms with Gasteiger partial charge in [0.1, 0.15) is 6.54 Å². The van der Waals surface area contributed by atoms with Crippen LogP contribution in [0.2, 0.25) is 0 Å². The van der Waals surface area contributed by atoms with Gasteiger partial charge in [-0.3, -0.25) is 9.59 Å².